The lowest BCUT2D eigenvalue weighted by molar-refractivity contribution is 0.0754. The third-order valence-electron chi connectivity index (χ3n) is 12.7. The van der Waals surface area contributed by atoms with Gasteiger partial charge in [-0.05, 0) is 159 Å². The minimum absolute atomic E-state index is 0.0590. The van der Waals surface area contributed by atoms with Gasteiger partial charge in [-0.2, -0.15) is 0 Å². The van der Waals surface area contributed by atoms with E-state index in [1.54, 1.807) is 4.90 Å². The molecule has 1 amide bonds. The molecule has 0 spiro atoms. The number of carbonyl (C=O) groups excluding carboxylic acids is 5. The number of nitrogens with zero attached hydrogens (tertiary/aromatic N) is 2. The summed E-state index contributed by atoms with van der Waals surface area (Å²) in [5, 5.41) is 9.91. The second-order valence-electron chi connectivity index (χ2n) is 25.2. The van der Waals surface area contributed by atoms with Gasteiger partial charge in [0, 0.05) is 115 Å². The van der Waals surface area contributed by atoms with E-state index in [0.29, 0.717) is 79.4 Å². The van der Waals surface area contributed by atoms with Crippen molar-refractivity contribution < 1.29 is 24.0 Å². The van der Waals surface area contributed by atoms with Gasteiger partial charge in [0.25, 0.3) is 5.91 Å². The Balaban J connectivity index is 0.000000513. The van der Waals surface area contributed by atoms with Crippen LogP contribution in [0.15, 0.2) is 121 Å². The Morgan fingerprint density at radius 3 is 1.22 bits per heavy atom. The molecule has 5 aromatic rings. The molecule has 3 N–H and O–H groups in total. The number of anilines is 4. The van der Waals surface area contributed by atoms with E-state index in [1.807, 2.05) is 137 Å². The number of carbonyl (C=O) groups is 5. The lowest BCUT2D eigenvalue weighted by Crippen LogP contribution is -2.33. The summed E-state index contributed by atoms with van der Waals surface area (Å²) in [5.74, 6) is 3.31. The van der Waals surface area contributed by atoms with Gasteiger partial charge < -0.3 is 25.8 Å². The number of para-hydroxylation sites is 3. The van der Waals surface area contributed by atoms with Crippen LogP contribution in [0.5, 0.6) is 0 Å². The second kappa shape index (κ2) is 38.3. The van der Waals surface area contributed by atoms with Crippen LogP contribution >= 0.6 is 0 Å². The fraction of sp³-hybridized carbons (Fsp3) is 0.514. The highest BCUT2D eigenvalue weighted by molar-refractivity contribution is 6.02. The maximum atomic E-state index is 12.3. The standard InChI is InChI=1S/C15H23NO.C15H22O.C14H22N2O.2C14H21NO/c1-11(2)10-15(17)13-8-6-7-9-14(13)16(5)12(3)4;1-11(2)9-13-5-7-14(8-6-13)15(16)10-12(3)4;1-10(2)15-13-9-7-6-8-12(13)14(17)16(5)11(3)4;1-10(2)8-14(16)12-6-5-7-13(9-12)15-11(3)4;1-10(2)9-14(16)12-7-5-6-8-13(12)15-11(3)4/h6-9,11-12H,10H2,1-5H3;5-8,11-12H,9-10H2,1-4H3;6-11,15H,1-5H3;5-7,9-11,15H,8H2,1-4H3;5-8,10-11,15H,9H2,1-4H3. The van der Waals surface area contributed by atoms with Gasteiger partial charge in [-0.15, -0.1) is 0 Å². The highest BCUT2D eigenvalue weighted by Crippen LogP contribution is 2.25. The summed E-state index contributed by atoms with van der Waals surface area (Å²) < 4.78 is 0. The van der Waals surface area contributed by atoms with Crippen LogP contribution in [0.3, 0.4) is 0 Å². The largest absolute Gasteiger partial charge is 0.383 e. The van der Waals surface area contributed by atoms with E-state index < -0.39 is 0 Å². The van der Waals surface area contributed by atoms with Gasteiger partial charge in [0.05, 0.1) is 5.56 Å². The molecule has 0 aliphatic rings. The van der Waals surface area contributed by atoms with Crippen molar-refractivity contribution in [2.45, 2.75) is 201 Å². The molecule has 0 aliphatic heterocycles. The van der Waals surface area contributed by atoms with Gasteiger partial charge in [0.15, 0.2) is 23.1 Å². The van der Waals surface area contributed by atoms with Crippen molar-refractivity contribution in [2.24, 2.45) is 29.6 Å². The third-order valence-corrected chi connectivity index (χ3v) is 12.7. The molecule has 0 atom stereocenters. The van der Waals surface area contributed by atoms with E-state index >= 15 is 0 Å². The maximum absolute atomic E-state index is 12.3. The molecule has 10 nitrogen and oxygen atoms in total. The first kappa shape index (κ1) is 73.5. The molecule has 0 saturated carbocycles. The zero-order chi connectivity index (χ0) is 62.4. The number of ketones is 4. The molecule has 10 heteroatoms. The molecule has 452 valence electrons. The monoisotopic (exact) mass is 1120 g/mol. The number of amides is 1. The van der Waals surface area contributed by atoms with Crippen LogP contribution < -0.4 is 20.9 Å². The summed E-state index contributed by atoms with van der Waals surface area (Å²) in [5.41, 5.74) is 9.26. The number of benzene rings is 5. The van der Waals surface area contributed by atoms with Crippen LogP contribution in [0, 0.1) is 29.6 Å². The Bertz CT molecular complexity index is 2660. The molecule has 0 heterocycles. The van der Waals surface area contributed by atoms with Crippen LogP contribution in [0.1, 0.15) is 222 Å². The van der Waals surface area contributed by atoms with Crippen molar-refractivity contribution in [3.05, 3.63) is 155 Å². The summed E-state index contributed by atoms with van der Waals surface area (Å²) in [7, 11) is 3.87. The predicted molar refractivity (Wildman–Crippen MR) is 353 cm³/mol. The highest BCUT2D eigenvalue weighted by Gasteiger charge is 2.19. The lowest BCUT2D eigenvalue weighted by atomic mass is 9.98. The van der Waals surface area contributed by atoms with Crippen molar-refractivity contribution in [3.63, 3.8) is 0 Å². The highest BCUT2D eigenvalue weighted by atomic mass is 16.2. The number of hydrogen-bond donors (Lipinski definition) is 3. The fourth-order valence-electron chi connectivity index (χ4n) is 8.34. The SMILES string of the molecule is CC(C)CC(=O)c1ccc(CC(C)C)cc1.CC(C)CC(=O)c1cccc(NC(C)C)c1.CC(C)CC(=O)c1ccccc1N(C)C(C)C.CC(C)CC(=O)c1ccccc1NC(C)C.CC(C)Nc1ccccc1C(=O)N(C)C(C)C. The number of hydrogen-bond acceptors (Lipinski definition) is 9. The number of Topliss-reactive ketones (excluding diaryl/α,β-unsaturated/α-hetero) is 4. The summed E-state index contributed by atoms with van der Waals surface area (Å²) in [6, 6.07) is 40.7. The first-order valence-electron chi connectivity index (χ1n) is 30.2. The molecule has 5 rings (SSSR count). The minimum Gasteiger partial charge on any atom is -0.383 e. The molecule has 0 radical (unpaired) electrons. The van der Waals surface area contributed by atoms with Crippen LogP contribution in [-0.4, -0.2) is 78.2 Å². The average molecular weight is 1120 g/mol. The molecule has 0 unspecified atom stereocenters. The summed E-state index contributed by atoms with van der Waals surface area (Å²) in [6.45, 7) is 41.7. The van der Waals surface area contributed by atoms with Crippen LogP contribution in [0.25, 0.3) is 0 Å². The molecule has 0 aliphatic carbocycles. The first-order chi connectivity index (χ1) is 38.3. The zero-order valence-electron chi connectivity index (χ0n) is 54.8. The molecule has 5 aromatic carbocycles. The molecular weight excluding hydrogens is 1010 g/mol. The number of rotatable bonds is 24. The van der Waals surface area contributed by atoms with Gasteiger partial charge in [0.2, 0.25) is 0 Å². The third kappa shape index (κ3) is 29.4. The van der Waals surface area contributed by atoms with Crippen LogP contribution in [0.4, 0.5) is 22.7 Å². The molecular formula is C72H109N5O5. The van der Waals surface area contributed by atoms with Gasteiger partial charge in [-0.25, -0.2) is 0 Å². The quantitative estimate of drug-likeness (QED) is 0.0518. The fourth-order valence-corrected chi connectivity index (χ4v) is 8.34. The average Bonchev–Trinajstić information content (AvgIpc) is 3.39. The lowest BCUT2D eigenvalue weighted by Gasteiger charge is -2.26. The van der Waals surface area contributed by atoms with Crippen molar-refractivity contribution in [2.75, 3.05) is 34.9 Å². The van der Waals surface area contributed by atoms with Crippen molar-refractivity contribution in [3.8, 4) is 0 Å². The zero-order valence-corrected chi connectivity index (χ0v) is 54.8. The normalized spacial score (nSPS) is 10.9. The summed E-state index contributed by atoms with van der Waals surface area (Å²) >= 11 is 0. The topological polar surface area (TPSA) is 128 Å². The summed E-state index contributed by atoms with van der Waals surface area (Å²) in [4.78, 5) is 64.0. The van der Waals surface area contributed by atoms with Gasteiger partial charge in [-0.1, -0.05) is 142 Å². The number of nitrogens with one attached hydrogen (secondary N) is 3. The summed E-state index contributed by atoms with van der Waals surface area (Å²) in [6.07, 6.45) is 3.56. The van der Waals surface area contributed by atoms with Gasteiger partial charge >= 0.3 is 0 Å². The maximum Gasteiger partial charge on any atom is 0.255 e. The predicted octanol–water partition coefficient (Wildman–Crippen LogP) is 18.3. The Morgan fingerprint density at radius 1 is 0.378 bits per heavy atom. The van der Waals surface area contributed by atoms with E-state index in [-0.39, 0.29) is 35.1 Å². The van der Waals surface area contributed by atoms with Crippen molar-refractivity contribution in [1.29, 1.82) is 0 Å². The van der Waals surface area contributed by atoms with E-state index in [9.17, 15) is 24.0 Å². The Labute approximate surface area is 498 Å². The van der Waals surface area contributed by atoms with Gasteiger partial charge in [0.1, 0.15) is 0 Å². The van der Waals surface area contributed by atoms with E-state index in [2.05, 4.69) is 158 Å². The smallest absolute Gasteiger partial charge is 0.255 e. The van der Waals surface area contributed by atoms with Crippen molar-refractivity contribution >= 4 is 51.8 Å². The van der Waals surface area contributed by atoms with Gasteiger partial charge in [-0.3, -0.25) is 24.0 Å². The second-order valence-corrected chi connectivity index (χ2v) is 25.2. The molecule has 0 saturated heterocycles. The first-order valence-corrected chi connectivity index (χ1v) is 30.2. The Hall–Kier alpha value is -6.55. The Morgan fingerprint density at radius 2 is 0.780 bits per heavy atom. The molecule has 0 bridgehead atoms. The van der Waals surface area contributed by atoms with E-state index in [4.69, 9.17) is 0 Å². The van der Waals surface area contributed by atoms with Crippen molar-refractivity contribution in [1.82, 2.24) is 4.90 Å². The van der Waals surface area contributed by atoms with Crippen LogP contribution in [0.2, 0.25) is 0 Å². The van der Waals surface area contributed by atoms with Crippen LogP contribution in [-0.2, 0) is 6.42 Å². The molecule has 82 heavy (non-hydrogen) atoms. The van der Waals surface area contributed by atoms with E-state index in [0.717, 1.165) is 57.0 Å². The van der Waals surface area contributed by atoms with E-state index in [1.165, 1.54) is 5.56 Å². The Kier molecular flexibility index (Phi) is 34.3. The molecule has 0 aromatic heterocycles. The molecule has 0 fully saturated rings. The minimum atomic E-state index is 0.0590.